The second-order valence-electron chi connectivity index (χ2n) is 4.52. The van der Waals surface area contributed by atoms with E-state index in [1.165, 1.54) is 0 Å². The van der Waals surface area contributed by atoms with Crippen LogP contribution in [0, 0.1) is 0 Å². The second kappa shape index (κ2) is 6.10. The van der Waals surface area contributed by atoms with Crippen molar-refractivity contribution >= 4 is 17.5 Å². The molecule has 0 aromatic carbocycles. The minimum Gasteiger partial charge on any atom is -0.363 e. The molecule has 0 bridgehead atoms. The fraction of sp³-hybridized carbons (Fsp3) is 0.615. The lowest BCUT2D eigenvalue weighted by molar-refractivity contribution is -0.132. The minimum absolute atomic E-state index is 0.258. The SMILES string of the molecule is O=C(CCCCCl)N1CCCC1c1ccc[nH]1. The minimum atomic E-state index is 0.258. The van der Waals surface area contributed by atoms with Crippen LogP contribution in [0.1, 0.15) is 43.8 Å². The first-order valence-electron chi connectivity index (χ1n) is 6.31. The average molecular weight is 255 g/mol. The van der Waals surface area contributed by atoms with Gasteiger partial charge in [-0.25, -0.2) is 0 Å². The number of likely N-dealkylation sites (tertiary alicyclic amines) is 1. The van der Waals surface area contributed by atoms with Gasteiger partial charge in [-0.2, -0.15) is 0 Å². The van der Waals surface area contributed by atoms with Crippen molar-refractivity contribution in [2.24, 2.45) is 0 Å². The summed E-state index contributed by atoms with van der Waals surface area (Å²) < 4.78 is 0. The highest BCUT2D eigenvalue weighted by molar-refractivity contribution is 6.17. The summed E-state index contributed by atoms with van der Waals surface area (Å²) in [5.41, 5.74) is 1.16. The molecule has 1 N–H and O–H groups in total. The smallest absolute Gasteiger partial charge is 0.223 e. The summed E-state index contributed by atoms with van der Waals surface area (Å²) in [6.07, 6.45) is 6.55. The van der Waals surface area contributed by atoms with E-state index < -0.39 is 0 Å². The standard InChI is InChI=1S/C13H19ClN2O/c14-8-2-1-7-13(17)16-10-4-6-12(16)11-5-3-9-15-11/h3,5,9,12,15H,1-2,4,6-8,10H2. The third-order valence-corrected chi connectivity index (χ3v) is 3.60. The maximum Gasteiger partial charge on any atom is 0.223 e. The first kappa shape index (κ1) is 12.5. The highest BCUT2D eigenvalue weighted by Crippen LogP contribution is 2.31. The summed E-state index contributed by atoms with van der Waals surface area (Å²) in [7, 11) is 0. The zero-order valence-electron chi connectivity index (χ0n) is 9.99. The Bertz CT molecular complexity index is 350. The lowest BCUT2D eigenvalue weighted by atomic mass is 10.1. The van der Waals surface area contributed by atoms with E-state index >= 15 is 0 Å². The highest BCUT2D eigenvalue weighted by Gasteiger charge is 2.29. The molecule has 17 heavy (non-hydrogen) atoms. The van der Waals surface area contributed by atoms with Crippen LogP contribution in [-0.4, -0.2) is 28.2 Å². The Kier molecular flexibility index (Phi) is 4.49. The molecule has 0 spiro atoms. The molecule has 1 saturated heterocycles. The zero-order chi connectivity index (χ0) is 12.1. The number of carbonyl (C=O) groups is 1. The molecule has 1 aromatic rings. The molecule has 1 aliphatic rings. The van der Waals surface area contributed by atoms with E-state index in [0.29, 0.717) is 12.3 Å². The number of aromatic amines is 1. The first-order valence-corrected chi connectivity index (χ1v) is 6.85. The molecule has 0 radical (unpaired) electrons. The number of aromatic nitrogens is 1. The van der Waals surface area contributed by atoms with E-state index in [0.717, 1.165) is 37.9 Å². The highest BCUT2D eigenvalue weighted by atomic mass is 35.5. The number of nitrogens with zero attached hydrogens (tertiary/aromatic N) is 1. The summed E-state index contributed by atoms with van der Waals surface area (Å²) in [6.45, 7) is 0.892. The average Bonchev–Trinajstić information content (AvgIpc) is 2.99. The number of H-pyrrole nitrogens is 1. The molecule has 1 amide bonds. The molecule has 2 heterocycles. The van der Waals surface area contributed by atoms with Crippen molar-refractivity contribution in [1.29, 1.82) is 0 Å². The fourth-order valence-corrected chi connectivity index (χ4v) is 2.64. The molecule has 1 fully saturated rings. The van der Waals surface area contributed by atoms with Gasteiger partial charge in [0.25, 0.3) is 0 Å². The lowest BCUT2D eigenvalue weighted by Crippen LogP contribution is -2.30. The van der Waals surface area contributed by atoms with Crippen molar-refractivity contribution < 1.29 is 4.79 Å². The van der Waals surface area contributed by atoms with Gasteiger partial charge in [0.05, 0.1) is 6.04 Å². The van der Waals surface area contributed by atoms with Crippen molar-refractivity contribution in [1.82, 2.24) is 9.88 Å². The number of hydrogen-bond donors (Lipinski definition) is 1. The van der Waals surface area contributed by atoms with Crippen LogP contribution in [0.2, 0.25) is 0 Å². The van der Waals surface area contributed by atoms with Crippen molar-refractivity contribution in [2.75, 3.05) is 12.4 Å². The van der Waals surface area contributed by atoms with Gasteiger partial charge < -0.3 is 9.88 Å². The molecule has 1 atom stereocenters. The Morgan fingerprint density at radius 3 is 3.12 bits per heavy atom. The normalized spacial score (nSPS) is 19.8. The van der Waals surface area contributed by atoms with Crippen LogP contribution in [0.25, 0.3) is 0 Å². The van der Waals surface area contributed by atoms with Gasteiger partial charge in [-0.15, -0.1) is 11.6 Å². The third-order valence-electron chi connectivity index (χ3n) is 3.33. The molecular weight excluding hydrogens is 236 g/mol. The van der Waals surface area contributed by atoms with Crippen LogP contribution in [0.3, 0.4) is 0 Å². The van der Waals surface area contributed by atoms with Crippen molar-refractivity contribution in [3.05, 3.63) is 24.0 Å². The Balaban J connectivity index is 1.93. The van der Waals surface area contributed by atoms with Gasteiger partial charge >= 0.3 is 0 Å². The van der Waals surface area contributed by atoms with Gasteiger partial charge in [-0.05, 0) is 37.8 Å². The predicted molar refractivity (Wildman–Crippen MR) is 69.1 cm³/mol. The van der Waals surface area contributed by atoms with E-state index in [1.54, 1.807) is 0 Å². The first-order chi connectivity index (χ1) is 8.33. The molecule has 1 aliphatic heterocycles. The predicted octanol–water partition coefficient (Wildman–Crippen LogP) is 3.09. The van der Waals surface area contributed by atoms with Gasteiger partial charge in [-0.3, -0.25) is 4.79 Å². The maximum atomic E-state index is 12.1. The molecule has 2 rings (SSSR count). The van der Waals surface area contributed by atoms with Crippen LogP contribution in [0.4, 0.5) is 0 Å². The number of unbranched alkanes of at least 4 members (excludes halogenated alkanes) is 1. The van der Waals surface area contributed by atoms with Crippen molar-refractivity contribution in [3.8, 4) is 0 Å². The molecule has 0 saturated carbocycles. The molecule has 3 nitrogen and oxygen atoms in total. The summed E-state index contributed by atoms with van der Waals surface area (Å²) in [4.78, 5) is 17.3. The van der Waals surface area contributed by atoms with E-state index in [-0.39, 0.29) is 11.9 Å². The number of carbonyl (C=O) groups excluding carboxylic acids is 1. The number of alkyl halides is 1. The molecule has 4 heteroatoms. The van der Waals surface area contributed by atoms with Gasteiger partial charge in [-0.1, -0.05) is 0 Å². The third kappa shape index (κ3) is 3.03. The van der Waals surface area contributed by atoms with Gasteiger partial charge in [0.1, 0.15) is 0 Å². The largest absolute Gasteiger partial charge is 0.363 e. The van der Waals surface area contributed by atoms with E-state index in [1.807, 2.05) is 17.2 Å². The van der Waals surface area contributed by atoms with Gasteiger partial charge in [0.2, 0.25) is 5.91 Å². The van der Waals surface area contributed by atoms with Crippen LogP contribution in [0.5, 0.6) is 0 Å². The summed E-state index contributed by atoms with van der Waals surface area (Å²) in [5.74, 6) is 0.917. The topological polar surface area (TPSA) is 36.1 Å². The zero-order valence-corrected chi connectivity index (χ0v) is 10.7. The Hall–Kier alpha value is -0.960. The molecule has 1 unspecified atom stereocenters. The number of nitrogens with one attached hydrogen (secondary N) is 1. The molecule has 1 aromatic heterocycles. The number of halogens is 1. The second-order valence-corrected chi connectivity index (χ2v) is 4.89. The van der Waals surface area contributed by atoms with Crippen LogP contribution in [-0.2, 0) is 4.79 Å². The van der Waals surface area contributed by atoms with Gasteiger partial charge in [0.15, 0.2) is 0 Å². The van der Waals surface area contributed by atoms with Crippen LogP contribution >= 0.6 is 11.6 Å². The lowest BCUT2D eigenvalue weighted by Gasteiger charge is -2.24. The Morgan fingerprint density at radius 2 is 2.41 bits per heavy atom. The quantitative estimate of drug-likeness (QED) is 0.636. The van der Waals surface area contributed by atoms with E-state index in [2.05, 4.69) is 11.1 Å². The maximum absolute atomic E-state index is 12.1. The summed E-state index contributed by atoms with van der Waals surface area (Å²) in [6, 6.07) is 4.31. The Labute approximate surface area is 107 Å². The number of hydrogen-bond acceptors (Lipinski definition) is 1. The van der Waals surface area contributed by atoms with Crippen molar-refractivity contribution in [3.63, 3.8) is 0 Å². The van der Waals surface area contributed by atoms with Gasteiger partial charge in [0, 0.05) is 30.7 Å². The van der Waals surface area contributed by atoms with Crippen molar-refractivity contribution in [2.45, 2.75) is 38.1 Å². The van der Waals surface area contributed by atoms with E-state index in [9.17, 15) is 4.79 Å². The number of amides is 1. The number of rotatable bonds is 5. The monoisotopic (exact) mass is 254 g/mol. The molecular formula is C13H19ClN2O. The molecule has 94 valence electrons. The van der Waals surface area contributed by atoms with Crippen LogP contribution < -0.4 is 0 Å². The molecule has 0 aliphatic carbocycles. The Morgan fingerprint density at radius 1 is 1.53 bits per heavy atom. The summed E-state index contributed by atoms with van der Waals surface area (Å²) in [5, 5.41) is 0. The fourth-order valence-electron chi connectivity index (χ4n) is 2.45. The van der Waals surface area contributed by atoms with Crippen LogP contribution in [0.15, 0.2) is 18.3 Å². The van der Waals surface area contributed by atoms with E-state index in [4.69, 9.17) is 11.6 Å². The summed E-state index contributed by atoms with van der Waals surface area (Å²) >= 11 is 5.62.